The fourth-order valence-corrected chi connectivity index (χ4v) is 3.37. The Labute approximate surface area is 121 Å². The summed E-state index contributed by atoms with van der Waals surface area (Å²) >= 11 is 1.24. The summed E-state index contributed by atoms with van der Waals surface area (Å²) in [6.07, 6.45) is 0.900. The number of aromatic nitrogens is 1. The van der Waals surface area contributed by atoms with E-state index in [9.17, 15) is 9.90 Å². The molecule has 1 aromatic heterocycles. The number of benzene rings is 1. The summed E-state index contributed by atoms with van der Waals surface area (Å²) in [5.41, 5.74) is 2.79. The molecule has 0 saturated carbocycles. The molecule has 2 heterocycles. The number of hydrogen-bond donors (Lipinski definition) is 1. The Hall–Kier alpha value is -1.88. The fraction of sp³-hybridized carbons (Fsp3) is 0.333. The van der Waals surface area contributed by atoms with Gasteiger partial charge in [-0.3, -0.25) is 0 Å². The number of rotatable bonds is 3. The zero-order chi connectivity index (χ0) is 14.3. The summed E-state index contributed by atoms with van der Waals surface area (Å²) in [5, 5.41) is 10.0. The minimum atomic E-state index is -0.901. The lowest BCUT2D eigenvalue weighted by atomic mass is 10.1. The first-order valence-electron chi connectivity index (χ1n) is 6.56. The van der Waals surface area contributed by atoms with Gasteiger partial charge in [-0.1, -0.05) is 13.8 Å². The third-order valence-electron chi connectivity index (χ3n) is 3.33. The van der Waals surface area contributed by atoms with Crippen molar-refractivity contribution in [3.63, 3.8) is 0 Å². The summed E-state index contributed by atoms with van der Waals surface area (Å²) in [7, 11) is 0. The quantitative estimate of drug-likeness (QED) is 0.938. The van der Waals surface area contributed by atoms with Gasteiger partial charge in [0.2, 0.25) is 0 Å². The Morgan fingerprint density at radius 2 is 2.25 bits per heavy atom. The zero-order valence-corrected chi connectivity index (χ0v) is 12.2. The van der Waals surface area contributed by atoms with E-state index in [0.29, 0.717) is 17.2 Å². The molecule has 1 aliphatic rings. The maximum Gasteiger partial charge on any atom is 0.347 e. The molecule has 0 aliphatic carbocycles. The van der Waals surface area contributed by atoms with Gasteiger partial charge in [0.05, 0.1) is 12.3 Å². The van der Waals surface area contributed by atoms with E-state index in [1.54, 1.807) is 0 Å². The number of carbonyl (C=O) groups is 1. The summed E-state index contributed by atoms with van der Waals surface area (Å²) in [6, 6.07) is 5.93. The Morgan fingerprint density at radius 3 is 2.90 bits per heavy atom. The predicted octanol–water partition coefficient (Wildman–Crippen LogP) is 3.57. The highest BCUT2D eigenvalue weighted by molar-refractivity contribution is 7.17. The average Bonchev–Trinajstić information content (AvgIpc) is 3.04. The molecule has 0 spiro atoms. The highest BCUT2D eigenvalue weighted by Gasteiger charge is 2.21. The van der Waals surface area contributed by atoms with Crippen molar-refractivity contribution < 1.29 is 14.6 Å². The molecule has 1 aromatic carbocycles. The van der Waals surface area contributed by atoms with Crippen molar-refractivity contribution in [2.75, 3.05) is 6.61 Å². The molecule has 1 aliphatic heterocycles. The standard InChI is InChI=1S/C15H15NO3S/c1-8(2)12-13(15(17)18)20-14(16-12)10-3-4-11-9(7-10)5-6-19-11/h3-4,7-8H,5-6H2,1-2H3,(H,17,18). The van der Waals surface area contributed by atoms with Crippen LogP contribution >= 0.6 is 11.3 Å². The molecule has 104 valence electrons. The molecule has 0 bridgehead atoms. The monoisotopic (exact) mass is 289 g/mol. The number of fused-ring (bicyclic) bond motifs is 1. The second-order valence-corrected chi connectivity index (χ2v) is 6.11. The van der Waals surface area contributed by atoms with Crippen molar-refractivity contribution in [3.05, 3.63) is 34.3 Å². The van der Waals surface area contributed by atoms with Gasteiger partial charge in [0, 0.05) is 12.0 Å². The number of nitrogens with zero attached hydrogens (tertiary/aromatic N) is 1. The number of carboxylic acid groups (broad SMARTS) is 1. The molecule has 0 radical (unpaired) electrons. The van der Waals surface area contributed by atoms with Crippen LogP contribution in [-0.2, 0) is 6.42 Å². The average molecular weight is 289 g/mol. The summed E-state index contributed by atoms with van der Waals surface area (Å²) in [5.74, 6) is 0.124. The molecule has 4 nitrogen and oxygen atoms in total. The van der Waals surface area contributed by atoms with Gasteiger partial charge in [-0.2, -0.15) is 0 Å². The summed E-state index contributed by atoms with van der Waals surface area (Å²) in [6.45, 7) is 4.64. The van der Waals surface area contributed by atoms with Crippen LogP contribution in [0.25, 0.3) is 10.6 Å². The second kappa shape index (κ2) is 4.90. The van der Waals surface area contributed by atoms with Crippen LogP contribution < -0.4 is 4.74 Å². The molecule has 0 fully saturated rings. The minimum Gasteiger partial charge on any atom is -0.493 e. The van der Waals surface area contributed by atoms with E-state index < -0.39 is 5.97 Å². The van der Waals surface area contributed by atoms with Crippen molar-refractivity contribution in [3.8, 4) is 16.3 Å². The van der Waals surface area contributed by atoms with Crippen LogP contribution in [0.3, 0.4) is 0 Å². The van der Waals surface area contributed by atoms with Crippen LogP contribution in [0.4, 0.5) is 0 Å². The summed E-state index contributed by atoms with van der Waals surface area (Å²) < 4.78 is 5.48. The normalized spacial score (nSPS) is 13.3. The Kier molecular flexibility index (Phi) is 3.22. The highest BCUT2D eigenvalue weighted by Crippen LogP contribution is 2.35. The molecular formula is C15H15NO3S. The topological polar surface area (TPSA) is 59.4 Å². The molecule has 1 N–H and O–H groups in total. The molecule has 0 amide bonds. The Morgan fingerprint density at radius 1 is 1.45 bits per heavy atom. The van der Waals surface area contributed by atoms with Gasteiger partial charge < -0.3 is 9.84 Å². The lowest BCUT2D eigenvalue weighted by Crippen LogP contribution is -2.00. The highest BCUT2D eigenvalue weighted by atomic mass is 32.1. The van der Waals surface area contributed by atoms with Gasteiger partial charge in [-0.25, -0.2) is 9.78 Å². The lowest BCUT2D eigenvalue weighted by molar-refractivity contribution is 0.0700. The maximum absolute atomic E-state index is 11.3. The van der Waals surface area contributed by atoms with Crippen LogP contribution in [0.5, 0.6) is 5.75 Å². The Bertz CT molecular complexity index is 676. The van der Waals surface area contributed by atoms with E-state index in [0.717, 1.165) is 22.7 Å². The predicted molar refractivity (Wildman–Crippen MR) is 77.8 cm³/mol. The van der Waals surface area contributed by atoms with E-state index in [2.05, 4.69) is 11.1 Å². The molecule has 20 heavy (non-hydrogen) atoms. The number of thiazole rings is 1. The first-order chi connectivity index (χ1) is 9.56. The third kappa shape index (κ3) is 2.18. The number of ether oxygens (including phenoxy) is 1. The van der Waals surface area contributed by atoms with Gasteiger partial charge >= 0.3 is 5.97 Å². The molecular weight excluding hydrogens is 274 g/mol. The smallest absolute Gasteiger partial charge is 0.347 e. The van der Waals surface area contributed by atoms with Gasteiger partial charge in [0.1, 0.15) is 15.6 Å². The third-order valence-corrected chi connectivity index (χ3v) is 4.44. The fourth-order valence-electron chi connectivity index (χ4n) is 2.32. The van der Waals surface area contributed by atoms with E-state index in [1.165, 1.54) is 16.9 Å². The number of hydrogen-bond acceptors (Lipinski definition) is 4. The molecule has 2 aromatic rings. The molecule has 0 atom stereocenters. The van der Waals surface area contributed by atoms with Crippen LogP contribution in [0.15, 0.2) is 18.2 Å². The second-order valence-electron chi connectivity index (χ2n) is 5.11. The van der Waals surface area contributed by atoms with Crippen molar-refractivity contribution in [2.45, 2.75) is 26.2 Å². The SMILES string of the molecule is CC(C)c1nc(-c2ccc3c(c2)CCO3)sc1C(=O)O. The van der Waals surface area contributed by atoms with Gasteiger partial charge in [-0.15, -0.1) is 11.3 Å². The van der Waals surface area contributed by atoms with Crippen molar-refractivity contribution >= 4 is 17.3 Å². The van der Waals surface area contributed by atoms with Crippen LogP contribution in [0.1, 0.15) is 40.7 Å². The van der Waals surface area contributed by atoms with Crippen LogP contribution in [-0.4, -0.2) is 22.7 Å². The molecule has 3 rings (SSSR count). The number of carboxylic acids is 1. The Balaban J connectivity index is 2.06. The molecule has 0 unspecified atom stereocenters. The lowest BCUT2D eigenvalue weighted by Gasteiger charge is -2.02. The van der Waals surface area contributed by atoms with Gasteiger partial charge in [0.25, 0.3) is 0 Å². The van der Waals surface area contributed by atoms with E-state index >= 15 is 0 Å². The first-order valence-corrected chi connectivity index (χ1v) is 7.38. The van der Waals surface area contributed by atoms with Crippen molar-refractivity contribution in [1.29, 1.82) is 0 Å². The van der Waals surface area contributed by atoms with E-state index in [4.69, 9.17) is 4.74 Å². The van der Waals surface area contributed by atoms with E-state index in [-0.39, 0.29) is 5.92 Å². The minimum absolute atomic E-state index is 0.101. The summed E-state index contributed by atoms with van der Waals surface area (Å²) in [4.78, 5) is 16.2. The maximum atomic E-state index is 11.3. The zero-order valence-electron chi connectivity index (χ0n) is 11.3. The largest absolute Gasteiger partial charge is 0.493 e. The number of aromatic carboxylic acids is 1. The van der Waals surface area contributed by atoms with Crippen molar-refractivity contribution in [2.24, 2.45) is 0 Å². The van der Waals surface area contributed by atoms with Crippen LogP contribution in [0.2, 0.25) is 0 Å². The molecule has 5 heteroatoms. The van der Waals surface area contributed by atoms with Crippen molar-refractivity contribution in [1.82, 2.24) is 4.98 Å². The van der Waals surface area contributed by atoms with Crippen LogP contribution in [0, 0.1) is 0 Å². The molecule has 0 saturated heterocycles. The van der Waals surface area contributed by atoms with E-state index in [1.807, 2.05) is 26.0 Å². The van der Waals surface area contributed by atoms with Gasteiger partial charge in [-0.05, 0) is 29.7 Å². The van der Waals surface area contributed by atoms with Gasteiger partial charge in [0.15, 0.2) is 0 Å². The first kappa shape index (κ1) is 13.1.